The van der Waals surface area contributed by atoms with Gasteiger partial charge < -0.3 is 4.52 Å². The van der Waals surface area contributed by atoms with E-state index < -0.39 is 0 Å². The first-order chi connectivity index (χ1) is 15.4. The molecular formula is C27H49NOP2. The Morgan fingerprint density at radius 3 is 1.48 bits per heavy atom. The van der Waals surface area contributed by atoms with Crippen molar-refractivity contribution in [3.05, 3.63) is 0 Å². The number of rotatable bonds is 8. The van der Waals surface area contributed by atoms with E-state index in [1.54, 1.807) is 25.7 Å². The number of hydrogen-bond donors (Lipinski definition) is 0. The maximum atomic E-state index is 7.14. The van der Waals surface area contributed by atoms with Gasteiger partial charge in [-0.15, -0.1) is 0 Å². The minimum atomic E-state index is -0.191. The molecule has 5 rings (SSSR count). The molecule has 4 heteroatoms. The summed E-state index contributed by atoms with van der Waals surface area (Å²) in [5.41, 5.74) is 4.01. The SMILES string of the molecule is C1CCC(P(OCC2CCCN2P(C2CCCC2)C2CCCC2)C2CCCCC2)CC1. The Morgan fingerprint density at radius 2 is 0.968 bits per heavy atom. The fourth-order valence-corrected chi connectivity index (χ4v) is 15.0. The second-order valence-electron chi connectivity index (χ2n) is 11.5. The van der Waals surface area contributed by atoms with Crippen molar-refractivity contribution in [2.24, 2.45) is 0 Å². The maximum Gasteiger partial charge on any atom is 0.0668 e. The highest BCUT2D eigenvalue weighted by atomic mass is 31.1. The summed E-state index contributed by atoms with van der Waals surface area (Å²) in [7, 11) is -0.0940. The summed E-state index contributed by atoms with van der Waals surface area (Å²) in [6.07, 6.45) is 29.9. The van der Waals surface area contributed by atoms with Crippen molar-refractivity contribution in [3.8, 4) is 0 Å². The van der Waals surface area contributed by atoms with Crippen molar-refractivity contribution in [3.63, 3.8) is 0 Å². The van der Waals surface area contributed by atoms with Gasteiger partial charge in [0, 0.05) is 32.1 Å². The molecule has 5 fully saturated rings. The van der Waals surface area contributed by atoms with Gasteiger partial charge in [0.25, 0.3) is 0 Å². The van der Waals surface area contributed by atoms with Crippen LogP contribution in [0, 0.1) is 0 Å². The Balaban J connectivity index is 1.25. The molecule has 0 amide bonds. The van der Waals surface area contributed by atoms with Crippen LogP contribution in [0.3, 0.4) is 0 Å². The fraction of sp³-hybridized carbons (Fsp3) is 1.00. The summed E-state index contributed by atoms with van der Waals surface area (Å²) >= 11 is 0. The largest absolute Gasteiger partial charge is 0.357 e. The highest BCUT2D eigenvalue weighted by molar-refractivity contribution is 7.56. The van der Waals surface area contributed by atoms with E-state index in [1.807, 2.05) is 0 Å². The second kappa shape index (κ2) is 12.0. The lowest BCUT2D eigenvalue weighted by molar-refractivity contribution is 0.244. The van der Waals surface area contributed by atoms with Gasteiger partial charge in [0.2, 0.25) is 0 Å². The molecule has 5 aliphatic rings. The van der Waals surface area contributed by atoms with E-state index in [1.165, 1.54) is 109 Å². The minimum absolute atomic E-state index is 0.0974. The zero-order valence-corrected chi connectivity index (χ0v) is 22.0. The van der Waals surface area contributed by atoms with Crippen LogP contribution in [0.5, 0.6) is 0 Å². The summed E-state index contributed by atoms with van der Waals surface area (Å²) in [4.78, 5) is 0. The molecule has 1 atom stereocenters. The van der Waals surface area contributed by atoms with Gasteiger partial charge in [-0.05, 0) is 83.6 Å². The van der Waals surface area contributed by atoms with Gasteiger partial charge in [-0.2, -0.15) is 0 Å². The first-order valence-electron chi connectivity index (χ1n) is 14.4. The van der Waals surface area contributed by atoms with Crippen molar-refractivity contribution in [2.45, 2.75) is 157 Å². The summed E-state index contributed by atoms with van der Waals surface area (Å²) in [6.45, 7) is 2.49. The molecule has 0 aromatic rings. The minimum Gasteiger partial charge on any atom is -0.357 e. The van der Waals surface area contributed by atoms with Gasteiger partial charge in [-0.25, -0.2) is 0 Å². The van der Waals surface area contributed by atoms with E-state index in [0.29, 0.717) is 0 Å². The van der Waals surface area contributed by atoms with Gasteiger partial charge in [-0.1, -0.05) is 64.2 Å². The van der Waals surface area contributed by atoms with Crippen LogP contribution >= 0.6 is 16.2 Å². The van der Waals surface area contributed by atoms with Gasteiger partial charge in [0.05, 0.1) is 6.61 Å². The van der Waals surface area contributed by atoms with E-state index in [0.717, 1.165) is 35.3 Å². The lowest BCUT2D eigenvalue weighted by atomic mass is 10.00. The van der Waals surface area contributed by atoms with Crippen LogP contribution in [0.1, 0.15) is 128 Å². The smallest absolute Gasteiger partial charge is 0.0668 e. The van der Waals surface area contributed by atoms with Crippen molar-refractivity contribution < 1.29 is 4.52 Å². The van der Waals surface area contributed by atoms with E-state index in [2.05, 4.69) is 4.67 Å². The Hall–Kier alpha value is 0.780. The van der Waals surface area contributed by atoms with Crippen molar-refractivity contribution in [1.82, 2.24) is 4.67 Å². The zero-order chi connectivity index (χ0) is 20.9. The molecule has 4 saturated carbocycles. The number of nitrogens with zero attached hydrogens (tertiary/aromatic N) is 1. The monoisotopic (exact) mass is 465 g/mol. The quantitative estimate of drug-likeness (QED) is 0.332. The van der Waals surface area contributed by atoms with E-state index >= 15 is 0 Å². The van der Waals surface area contributed by atoms with Gasteiger partial charge in [0.15, 0.2) is 0 Å². The van der Waals surface area contributed by atoms with E-state index in [4.69, 9.17) is 4.52 Å². The average Bonchev–Trinajstić information content (AvgIpc) is 3.61. The first-order valence-corrected chi connectivity index (χ1v) is 17.2. The van der Waals surface area contributed by atoms with Crippen LogP contribution in [0.4, 0.5) is 0 Å². The second-order valence-corrected chi connectivity index (χ2v) is 16.6. The topological polar surface area (TPSA) is 12.5 Å². The molecule has 0 aromatic carbocycles. The van der Waals surface area contributed by atoms with Gasteiger partial charge in [-0.3, -0.25) is 4.67 Å². The van der Waals surface area contributed by atoms with Crippen molar-refractivity contribution in [1.29, 1.82) is 0 Å². The summed E-state index contributed by atoms with van der Waals surface area (Å²) in [5.74, 6) is 0. The Morgan fingerprint density at radius 1 is 0.516 bits per heavy atom. The molecule has 1 saturated heterocycles. The van der Waals surface area contributed by atoms with Crippen LogP contribution in [0.2, 0.25) is 0 Å². The third-order valence-corrected chi connectivity index (χ3v) is 15.9. The lowest BCUT2D eigenvalue weighted by Crippen LogP contribution is -2.35. The Bertz CT molecular complexity index is 487. The molecular weight excluding hydrogens is 416 g/mol. The molecule has 31 heavy (non-hydrogen) atoms. The molecule has 0 spiro atoms. The van der Waals surface area contributed by atoms with Crippen LogP contribution < -0.4 is 0 Å². The zero-order valence-electron chi connectivity index (χ0n) is 20.2. The fourth-order valence-electron chi connectivity index (χ4n) is 7.70. The van der Waals surface area contributed by atoms with Gasteiger partial charge >= 0.3 is 0 Å². The molecule has 1 heterocycles. The summed E-state index contributed by atoms with van der Waals surface area (Å²) < 4.78 is 10.3. The first kappa shape index (κ1) is 23.5. The predicted molar refractivity (Wildman–Crippen MR) is 138 cm³/mol. The Kier molecular flexibility index (Phi) is 9.07. The maximum absolute atomic E-state index is 7.14. The summed E-state index contributed by atoms with van der Waals surface area (Å²) in [5, 5.41) is 0. The van der Waals surface area contributed by atoms with Crippen molar-refractivity contribution >= 4 is 16.2 Å². The molecule has 0 N–H and O–H groups in total. The normalized spacial score (nSPS) is 31.0. The molecule has 4 aliphatic carbocycles. The lowest BCUT2D eigenvalue weighted by Gasteiger charge is -2.42. The van der Waals surface area contributed by atoms with Crippen LogP contribution in [-0.4, -0.2) is 46.5 Å². The van der Waals surface area contributed by atoms with Crippen LogP contribution in [0.25, 0.3) is 0 Å². The highest BCUT2D eigenvalue weighted by Gasteiger charge is 2.42. The number of hydrogen-bond acceptors (Lipinski definition) is 2. The molecule has 1 unspecified atom stereocenters. The van der Waals surface area contributed by atoms with E-state index in [9.17, 15) is 0 Å². The molecule has 0 bridgehead atoms. The average molecular weight is 466 g/mol. The highest BCUT2D eigenvalue weighted by Crippen LogP contribution is 2.62. The van der Waals surface area contributed by atoms with Crippen molar-refractivity contribution in [2.75, 3.05) is 13.2 Å². The van der Waals surface area contributed by atoms with Crippen LogP contribution in [-0.2, 0) is 4.52 Å². The summed E-state index contributed by atoms with van der Waals surface area (Å²) in [6, 6.07) is 0.768. The van der Waals surface area contributed by atoms with Gasteiger partial charge in [0.1, 0.15) is 0 Å². The predicted octanol–water partition coefficient (Wildman–Crippen LogP) is 8.81. The molecule has 0 aromatic heterocycles. The van der Waals surface area contributed by atoms with Crippen LogP contribution in [0.15, 0.2) is 0 Å². The standard InChI is InChI=1S/C27H49NOP2/c1-3-17-26(18-4-1)31(27-19-5-2-6-20-27)29-22-23-12-11-21-28(23)30(24-13-7-8-14-24)25-15-9-10-16-25/h23-27H,1-22H2. The molecule has 0 radical (unpaired) electrons. The molecule has 178 valence electrons. The van der Waals surface area contributed by atoms with E-state index in [-0.39, 0.29) is 16.2 Å². The molecule has 1 aliphatic heterocycles. The molecule has 2 nitrogen and oxygen atoms in total. The third kappa shape index (κ3) is 5.89. The Labute approximate surface area is 195 Å². The third-order valence-electron chi connectivity index (χ3n) is 9.33.